The molecule has 0 bridgehead atoms. The summed E-state index contributed by atoms with van der Waals surface area (Å²) in [6.45, 7) is 8.74. The molecule has 2 aromatic rings. The fourth-order valence-electron chi connectivity index (χ4n) is 6.55. The predicted molar refractivity (Wildman–Crippen MR) is 157 cm³/mol. The van der Waals surface area contributed by atoms with E-state index in [-0.39, 0.29) is 29.7 Å². The summed E-state index contributed by atoms with van der Waals surface area (Å²) in [4.78, 5) is 18.0. The topological polar surface area (TPSA) is 70.2 Å². The summed E-state index contributed by atoms with van der Waals surface area (Å²) >= 11 is 0. The van der Waals surface area contributed by atoms with Gasteiger partial charge in [0.1, 0.15) is 5.75 Å². The third kappa shape index (κ3) is 6.14. The Morgan fingerprint density at radius 3 is 2.21 bits per heavy atom. The van der Waals surface area contributed by atoms with Gasteiger partial charge >= 0.3 is 0 Å². The molecule has 1 amide bonds. The van der Waals surface area contributed by atoms with Crippen LogP contribution >= 0.6 is 12.4 Å². The van der Waals surface area contributed by atoms with Crippen LogP contribution in [0.4, 0.5) is 0 Å². The van der Waals surface area contributed by atoms with Gasteiger partial charge in [-0.05, 0) is 75.4 Å². The molecule has 2 aromatic carbocycles. The van der Waals surface area contributed by atoms with Gasteiger partial charge < -0.3 is 14.5 Å². The number of likely N-dealkylation sites (tertiary alicyclic amines) is 2. The van der Waals surface area contributed by atoms with Crippen LogP contribution in [0.15, 0.2) is 54.6 Å². The normalized spacial score (nSPS) is 23.9. The second-order valence-corrected chi connectivity index (χ2v) is 14.1. The van der Waals surface area contributed by atoms with E-state index >= 15 is 0 Å². The Morgan fingerprint density at radius 1 is 0.949 bits per heavy atom. The average molecular weight is 576 g/mol. The van der Waals surface area contributed by atoms with Crippen molar-refractivity contribution in [1.82, 2.24) is 14.1 Å². The van der Waals surface area contributed by atoms with Crippen molar-refractivity contribution in [3.05, 3.63) is 65.7 Å². The number of carbonyl (C=O) groups is 1. The molecule has 0 aromatic heterocycles. The maximum absolute atomic E-state index is 13.5. The second-order valence-electron chi connectivity index (χ2n) is 11.6. The minimum atomic E-state index is -3.30. The summed E-state index contributed by atoms with van der Waals surface area (Å²) in [5.41, 5.74) is 2.10. The van der Waals surface area contributed by atoms with Crippen molar-refractivity contribution < 1.29 is 17.9 Å². The average Bonchev–Trinajstić information content (AvgIpc) is 3.48. The maximum atomic E-state index is 13.5. The molecule has 3 aliphatic rings. The first-order valence-corrected chi connectivity index (χ1v) is 15.4. The molecule has 3 fully saturated rings. The number of methoxy groups -OCH3 is 1. The lowest BCUT2D eigenvalue weighted by Gasteiger charge is -2.39. The Morgan fingerprint density at radius 2 is 1.59 bits per heavy atom. The van der Waals surface area contributed by atoms with E-state index in [9.17, 15) is 13.2 Å². The van der Waals surface area contributed by atoms with Gasteiger partial charge in [0.2, 0.25) is 15.9 Å². The number of piperidine rings is 1. The first kappa shape index (κ1) is 29.8. The van der Waals surface area contributed by atoms with Crippen molar-refractivity contribution in [3.63, 3.8) is 0 Å². The minimum Gasteiger partial charge on any atom is -0.497 e. The summed E-state index contributed by atoms with van der Waals surface area (Å²) in [5.74, 6) is 1.55. The van der Waals surface area contributed by atoms with Crippen LogP contribution in [-0.2, 0) is 21.4 Å². The van der Waals surface area contributed by atoms with E-state index in [1.54, 1.807) is 25.3 Å². The highest BCUT2D eigenvalue weighted by Crippen LogP contribution is 2.43. The van der Waals surface area contributed by atoms with Gasteiger partial charge in [0, 0.05) is 38.6 Å². The molecule has 39 heavy (non-hydrogen) atoms. The maximum Gasteiger partial charge on any atom is 0.229 e. The van der Waals surface area contributed by atoms with Gasteiger partial charge in [-0.2, -0.15) is 0 Å². The van der Waals surface area contributed by atoms with E-state index in [1.807, 2.05) is 47.4 Å². The number of amides is 1. The van der Waals surface area contributed by atoms with Gasteiger partial charge in [-0.25, -0.2) is 12.7 Å². The lowest BCUT2D eigenvalue weighted by molar-refractivity contribution is -0.139. The molecule has 7 nitrogen and oxygen atoms in total. The van der Waals surface area contributed by atoms with Gasteiger partial charge in [0.15, 0.2) is 0 Å². The molecule has 214 valence electrons. The van der Waals surface area contributed by atoms with E-state index in [0.717, 1.165) is 56.8 Å². The molecule has 3 heterocycles. The van der Waals surface area contributed by atoms with Crippen LogP contribution < -0.4 is 4.74 Å². The molecular formula is C30H42ClN3O4S. The fraction of sp³-hybridized carbons (Fsp3) is 0.567. The predicted octanol–water partition coefficient (Wildman–Crippen LogP) is 4.39. The van der Waals surface area contributed by atoms with E-state index in [4.69, 9.17) is 4.74 Å². The second kappa shape index (κ2) is 12.2. The molecule has 3 aliphatic heterocycles. The highest BCUT2D eigenvalue weighted by molar-refractivity contribution is 7.89. The smallest absolute Gasteiger partial charge is 0.229 e. The molecular weight excluding hydrogens is 534 g/mol. The number of sulfonamides is 1. The van der Waals surface area contributed by atoms with Crippen LogP contribution in [0, 0.1) is 11.3 Å². The first-order valence-electron chi connectivity index (χ1n) is 13.9. The van der Waals surface area contributed by atoms with Crippen LogP contribution in [0.25, 0.3) is 0 Å². The first-order chi connectivity index (χ1) is 18.2. The van der Waals surface area contributed by atoms with Gasteiger partial charge in [-0.1, -0.05) is 42.5 Å². The molecule has 1 unspecified atom stereocenters. The third-order valence-electron chi connectivity index (χ3n) is 9.03. The molecule has 0 N–H and O–H groups in total. The van der Waals surface area contributed by atoms with Crippen molar-refractivity contribution in [2.24, 2.45) is 11.3 Å². The Hall–Kier alpha value is -2.13. The zero-order valence-corrected chi connectivity index (χ0v) is 24.9. The SMILES string of the molecule is COc1ccc(CN2CCC3(CCN(C[C@H]4CN(S(=O)(=O)C(C)C)CC4c4ccccc4)CC3)C2=O)cc1.Cl. The van der Waals surface area contributed by atoms with Crippen LogP contribution in [0.1, 0.15) is 50.2 Å². The van der Waals surface area contributed by atoms with Crippen molar-refractivity contribution in [3.8, 4) is 5.75 Å². The summed E-state index contributed by atoms with van der Waals surface area (Å²) in [7, 11) is -1.64. The zero-order chi connectivity index (χ0) is 26.9. The van der Waals surface area contributed by atoms with Gasteiger partial charge in [-0.15, -0.1) is 12.4 Å². The molecule has 9 heteroatoms. The monoisotopic (exact) mass is 575 g/mol. The molecule has 0 aliphatic carbocycles. The van der Waals surface area contributed by atoms with E-state index in [2.05, 4.69) is 17.0 Å². The third-order valence-corrected chi connectivity index (χ3v) is 11.2. The van der Waals surface area contributed by atoms with Crippen molar-refractivity contribution in [2.75, 3.05) is 46.4 Å². The number of ether oxygens (including phenoxy) is 1. The van der Waals surface area contributed by atoms with Gasteiger partial charge in [0.05, 0.1) is 17.8 Å². The molecule has 3 saturated heterocycles. The van der Waals surface area contributed by atoms with Crippen LogP contribution in [0.3, 0.4) is 0 Å². The van der Waals surface area contributed by atoms with E-state index < -0.39 is 15.3 Å². The summed E-state index contributed by atoms with van der Waals surface area (Å²) in [5, 5.41) is -0.415. The standard InChI is InChI=1S/C30H41N3O4S.ClH/c1-23(2)38(35,36)33-21-26(28(22-33)25-7-5-4-6-8-25)20-31-16-13-30(14-17-31)15-18-32(29(30)34)19-24-9-11-27(37-3)12-10-24;/h4-12,23,26,28H,13-22H2,1-3H3;1H/t26-,28?;/m0./s1. The van der Waals surface area contributed by atoms with E-state index in [0.29, 0.717) is 25.5 Å². The number of rotatable bonds is 8. The lowest BCUT2D eigenvalue weighted by atomic mass is 9.76. The number of hydrogen-bond acceptors (Lipinski definition) is 5. The summed E-state index contributed by atoms with van der Waals surface area (Å²) in [6.07, 6.45) is 2.68. The number of halogens is 1. The van der Waals surface area contributed by atoms with Crippen LogP contribution in [-0.4, -0.2) is 80.1 Å². The van der Waals surface area contributed by atoms with Crippen molar-refractivity contribution >= 4 is 28.3 Å². The Balaban J connectivity index is 0.00000353. The molecule has 0 radical (unpaired) electrons. The number of benzene rings is 2. The minimum absolute atomic E-state index is 0. The molecule has 5 rings (SSSR count). The number of carbonyl (C=O) groups excluding carboxylic acids is 1. The van der Waals surface area contributed by atoms with E-state index in [1.165, 1.54) is 5.56 Å². The highest BCUT2D eigenvalue weighted by atomic mass is 35.5. The lowest BCUT2D eigenvalue weighted by Crippen LogP contribution is -2.46. The fourth-order valence-corrected chi connectivity index (χ4v) is 7.92. The van der Waals surface area contributed by atoms with Crippen LogP contribution in [0.5, 0.6) is 5.75 Å². The highest BCUT2D eigenvalue weighted by Gasteiger charge is 2.49. The van der Waals surface area contributed by atoms with Crippen molar-refractivity contribution in [1.29, 1.82) is 0 Å². The zero-order valence-electron chi connectivity index (χ0n) is 23.3. The van der Waals surface area contributed by atoms with Crippen LogP contribution in [0.2, 0.25) is 0 Å². The van der Waals surface area contributed by atoms with Gasteiger partial charge in [-0.3, -0.25) is 4.79 Å². The largest absolute Gasteiger partial charge is 0.497 e. The molecule has 1 spiro atoms. The summed E-state index contributed by atoms with van der Waals surface area (Å²) < 4.78 is 33.0. The molecule has 0 saturated carbocycles. The number of hydrogen-bond donors (Lipinski definition) is 0. The van der Waals surface area contributed by atoms with Crippen molar-refractivity contribution in [2.45, 2.75) is 50.8 Å². The summed E-state index contributed by atoms with van der Waals surface area (Å²) in [6, 6.07) is 18.3. The Labute approximate surface area is 240 Å². The van der Waals surface area contributed by atoms with Gasteiger partial charge in [0.25, 0.3) is 0 Å². The molecule has 2 atom stereocenters. The number of nitrogens with zero attached hydrogens (tertiary/aromatic N) is 3. The Bertz CT molecular complexity index is 1210. The quantitative estimate of drug-likeness (QED) is 0.467. The Kier molecular flexibility index (Phi) is 9.31.